The van der Waals surface area contributed by atoms with Crippen LogP contribution in [-0.2, 0) is 5.41 Å². The fourth-order valence-corrected chi connectivity index (χ4v) is 3.34. The molecule has 3 heteroatoms. The molecule has 0 saturated heterocycles. The van der Waals surface area contributed by atoms with Gasteiger partial charge >= 0.3 is 0 Å². The van der Waals surface area contributed by atoms with E-state index >= 15 is 0 Å². The number of rotatable bonds is 2. The zero-order valence-corrected chi connectivity index (χ0v) is 13.3. The molecule has 0 spiro atoms. The van der Waals surface area contributed by atoms with E-state index in [9.17, 15) is 0 Å². The van der Waals surface area contributed by atoms with Crippen LogP contribution in [0.2, 0.25) is 0 Å². The van der Waals surface area contributed by atoms with E-state index in [0.717, 1.165) is 10.9 Å². The molecule has 104 valence electrons. The van der Waals surface area contributed by atoms with Crippen LogP contribution < -0.4 is 5.32 Å². The number of hydrogen-bond acceptors (Lipinski definition) is 3. The molecule has 0 aromatic heterocycles. The van der Waals surface area contributed by atoms with Gasteiger partial charge in [0.25, 0.3) is 0 Å². The standard InChI is InChI=1S/C16H24N2S/c1-11(2)14-10-19-15(18-14)17-13-9-7-6-8-12(13)16(3,4)5/h6-9,11,14H,10H2,1-5H3,(H,17,18)/t14-/m1/s1. The summed E-state index contributed by atoms with van der Waals surface area (Å²) in [4.78, 5) is 4.77. The second-order valence-corrected chi connectivity index (χ2v) is 7.49. The van der Waals surface area contributed by atoms with Gasteiger partial charge in [0.2, 0.25) is 0 Å². The third-order valence-corrected chi connectivity index (χ3v) is 4.41. The molecule has 1 N–H and O–H groups in total. The van der Waals surface area contributed by atoms with Gasteiger partial charge in [0, 0.05) is 11.4 Å². The summed E-state index contributed by atoms with van der Waals surface area (Å²) < 4.78 is 0. The number of nitrogens with one attached hydrogen (secondary N) is 1. The Bertz CT molecular complexity index is 472. The lowest BCUT2D eigenvalue weighted by Crippen LogP contribution is -2.16. The summed E-state index contributed by atoms with van der Waals surface area (Å²) in [6, 6.07) is 8.98. The van der Waals surface area contributed by atoms with Crippen molar-refractivity contribution in [1.29, 1.82) is 0 Å². The van der Waals surface area contributed by atoms with E-state index < -0.39 is 0 Å². The summed E-state index contributed by atoms with van der Waals surface area (Å²) in [7, 11) is 0. The van der Waals surface area contributed by atoms with Crippen molar-refractivity contribution in [3.63, 3.8) is 0 Å². The number of para-hydroxylation sites is 1. The Morgan fingerprint density at radius 1 is 1.26 bits per heavy atom. The van der Waals surface area contributed by atoms with E-state index in [-0.39, 0.29) is 5.41 Å². The molecule has 2 nitrogen and oxygen atoms in total. The van der Waals surface area contributed by atoms with Crippen molar-refractivity contribution in [2.75, 3.05) is 11.1 Å². The van der Waals surface area contributed by atoms with E-state index in [4.69, 9.17) is 4.99 Å². The van der Waals surface area contributed by atoms with Crippen molar-refractivity contribution < 1.29 is 0 Å². The first-order valence-electron chi connectivity index (χ1n) is 6.95. The Kier molecular flexibility index (Phi) is 4.24. The molecule has 19 heavy (non-hydrogen) atoms. The summed E-state index contributed by atoms with van der Waals surface area (Å²) in [5, 5.41) is 4.58. The number of aliphatic imine (C=N–C) groups is 1. The predicted octanol–water partition coefficient (Wildman–Crippen LogP) is 4.52. The van der Waals surface area contributed by atoms with Crippen LogP contribution in [0.5, 0.6) is 0 Å². The zero-order chi connectivity index (χ0) is 14.0. The summed E-state index contributed by atoms with van der Waals surface area (Å²) in [5.41, 5.74) is 2.67. The van der Waals surface area contributed by atoms with Gasteiger partial charge in [-0.05, 0) is 23.0 Å². The molecular formula is C16H24N2S. The predicted molar refractivity (Wildman–Crippen MR) is 87.3 cm³/mol. The molecule has 2 rings (SSSR count). The molecule has 0 fully saturated rings. The van der Waals surface area contributed by atoms with E-state index in [1.165, 1.54) is 11.3 Å². The second-order valence-electron chi connectivity index (χ2n) is 6.48. The SMILES string of the molecule is CC(C)[C@H]1CSC(Nc2ccccc2C(C)(C)C)=N1. The van der Waals surface area contributed by atoms with Gasteiger partial charge in [-0.25, -0.2) is 0 Å². The van der Waals surface area contributed by atoms with Crippen LogP contribution in [0.25, 0.3) is 0 Å². The van der Waals surface area contributed by atoms with E-state index in [1.54, 1.807) is 0 Å². The molecule has 1 atom stereocenters. The molecule has 1 aromatic carbocycles. The highest BCUT2D eigenvalue weighted by Crippen LogP contribution is 2.31. The Balaban J connectivity index is 2.19. The van der Waals surface area contributed by atoms with Crippen LogP contribution in [0.1, 0.15) is 40.2 Å². The lowest BCUT2D eigenvalue weighted by Gasteiger charge is -2.23. The summed E-state index contributed by atoms with van der Waals surface area (Å²) in [6.07, 6.45) is 0. The topological polar surface area (TPSA) is 24.4 Å². The second kappa shape index (κ2) is 5.58. The maximum absolute atomic E-state index is 4.77. The number of nitrogens with zero attached hydrogens (tertiary/aromatic N) is 1. The number of hydrogen-bond donors (Lipinski definition) is 1. The van der Waals surface area contributed by atoms with Crippen LogP contribution in [0.4, 0.5) is 5.69 Å². The molecule has 1 aliphatic rings. The van der Waals surface area contributed by atoms with Gasteiger partial charge in [0.15, 0.2) is 5.17 Å². The van der Waals surface area contributed by atoms with E-state index in [0.29, 0.717) is 12.0 Å². The van der Waals surface area contributed by atoms with Crippen LogP contribution >= 0.6 is 11.8 Å². The fourth-order valence-electron chi connectivity index (χ4n) is 2.16. The quantitative estimate of drug-likeness (QED) is 0.858. The van der Waals surface area contributed by atoms with Crippen LogP contribution in [-0.4, -0.2) is 17.0 Å². The fraction of sp³-hybridized carbons (Fsp3) is 0.562. The third-order valence-electron chi connectivity index (χ3n) is 3.42. The minimum Gasteiger partial charge on any atom is -0.335 e. The number of thioether (sulfide) groups is 1. The molecule has 1 aliphatic heterocycles. The van der Waals surface area contributed by atoms with Gasteiger partial charge < -0.3 is 5.32 Å². The summed E-state index contributed by atoms with van der Waals surface area (Å²) in [5.74, 6) is 1.71. The van der Waals surface area contributed by atoms with Crippen LogP contribution in [0.15, 0.2) is 29.3 Å². The summed E-state index contributed by atoms with van der Waals surface area (Å²) in [6.45, 7) is 11.2. The maximum atomic E-state index is 4.77. The van der Waals surface area contributed by atoms with Crippen molar-refractivity contribution in [3.8, 4) is 0 Å². The largest absolute Gasteiger partial charge is 0.335 e. The normalized spacial score (nSPS) is 19.7. The Morgan fingerprint density at radius 2 is 1.95 bits per heavy atom. The third kappa shape index (κ3) is 3.53. The highest BCUT2D eigenvalue weighted by atomic mass is 32.2. The average molecular weight is 276 g/mol. The van der Waals surface area contributed by atoms with Crippen molar-refractivity contribution in [2.45, 2.75) is 46.1 Å². The first-order valence-corrected chi connectivity index (χ1v) is 7.93. The minimum absolute atomic E-state index is 0.144. The van der Waals surface area contributed by atoms with Gasteiger partial charge in [0.05, 0.1) is 6.04 Å². The van der Waals surface area contributed by atoms with Crippen molar-refractivity contribution >= 4 is 22.6 Å². The molecule has 0 radical (unpaired) electrons. The molecule has 0 amide bonds. The van der Waals surface area contributed by atoms with Crippen molar-refractivity contribution in [2.24, 2.45) is 10.9 Å². The van der Waals surface area contributed by atoms with Gasteiger partial charge in [-0.3, -0.25) is 4.99 Å². The van der Waals surface area contributed by atoms with Crippen molar-refractivity contribution in [3.05, 3.63) is 29.8 Å². The Morgan fingerprint density at radius 3 is 2.53 bits per heavy atom. The molecule has 1 heterocycles. The van der Waals surface area contributed by atoms with E-state index in [2.05, 4.69) is 64.2 Å². The Labute approximate surface area is 121 Å². The maximum Gasteiger partial charge on any atom is 0.161 e. The number of amidine groups is 1. The van der Waals surface area contributed by atoms with Crippen LogP contribution in [0.3, 0.4) is 0 Å². The molecule has 0 aliphatic carbocycles. The average Bonchev–Trinajstić information content (AvgIpc) is 2.77. The van der Waals surface area contributed by atoms with Gasteiger partial charge in [-0.2, -0.15) is 0 Å². The Hall–Kier alpha value is -0.960. The highest BCUT2D eigenvalue weighted by Gasteiger charge is 2.23. The monoisotopic (exact) mass is 276 g/mol. The molecular weight excluding hydrogens is 252 g/mol. The van der Waals surface area contributed by atoms with E-state index in [1.807, 2.05) is 11.8 Å². The lowest BCUT2D eigenvalue weighted by atomic mass is 9.86. The van der Waals surface area contributed by atoms with Crippen molar-refractivity contribution in [1.82, 2.24) is 0 Å². The zero-order valence-electron chi connectivity index (χ0n) is 12.5. The number of anilines is 1. The molecule has 0 unspecified atom stereocenters. The molecule has 1 aromatic rings. The first-order chi connectivity index (χ1) is 8.88. The molecule has 0 saturated carbocycles. The summed E-state index contributed by atoms with van der Waals surface area (Å²) >= 11 is 1.83. The van der Waals surface area contributed by atoms with Gasteiger partial charge in [0.1, 0.15) is 0 Å². The van der Waals surface area contributed by atoms with Crippen LogP contribution in [0, 0.1) is 5.92 Å². The molecule has 0 bridgehead atoms. The smallest absolute Gasteiger partial charge is 0.161 e. The first kappa shape index (κ1) is 14.4. The van der Waals surface area contributed by atoms with Gasteiger partial charge in [-0.1, -0.05) is 64.6 Å². The highest BCUT2D eigenvalue weighted by molar-refractivity contribution is 8.14. The van der Waals surface area contributed by atoms with Gasteiger partial charge in [-0.15, -0.1) is 0 Å². The minimum atomic E-state index is 0.144. The lowest BCUT2D eigenvalue weighted by molar-refractivity contribution is 0.543. The number of benzene rings is 1.